The molecule has 0 spiro atoms. The minimum Gasteiger partial charge on any atom is -0.300 e. The van der Waals surface area contributed by atoms with E-state index in [1.807, 2.05) is 19.9 Å². The van der Waals surface area contributed by atoms with Crippen molar-refractivity contribution in [3.8, 4) is 0 Å². The number of carbonyl (C=O) groups excluding carboxylic acids is 1. The molecule has 14 heavy (non-hydrogen) atoms. The van der Waals surface area contributed by atoms with Gasteiger partial charge in [0.25, 0.3) is 0 Å². The van der Waals surface area contributed by atoms with Crippen LogP contribution in [0.1, 0.15) is 34.1 Å². The fraction of sp³-hybridized carbons (Fsp3) is 0.750. The Hall–Kier alpha value is -0.630. The number of hydrogen-bond donors (Lipinski definition) is 0. The molecule has 0 aromatic rings. The van der Waals surface area contributed by atoms with E-state index in [-0.39, 0.29) is 5.78 Å². The standard InChI is InChI=1S/C10H17NO.C2H6/c1-8-6-10(11(3)7-8)5-4-9(2)12;1-2/h4-5,8,10H,6-7H2,1-3H3;1-2H3/b5-4+;. The molecule has 0 saturated carbocycles. The third-order valence-electron chi connectivity index (χ3n) is 2.36. The molecule has 2 nitrogen and oxygen atoms in total. The summed E-state index contributed by atoms with van der Waals surface area (Å²) in [5.41, 5.74) is 0. The lowest BCUT2D eigenvalue weighted by molar-refractivity contribution is -0.112. The third kappa shape index (κ3) is 4.56. The van der Waals surface area contributed by atoms with Crippen molar-refractivity contribution < 1.29 is 4.79 Å². The number of allylic oxidation sites excluding steroid dienone is 1. The van der Waals surface area contributed by atoms with E-state index in [0.717, 1.165) is 12.5 Å². The maximum Gasteiger partial charge on any atom is 0.152 e. The van der Waals surface area contributed by atoms with Crippen molar-refractivity contribution in [3.63, 3.8) is 0 Å². The fourth-order valence-electron chi connectivity index (χ4n) is 1.77. The monoisotopic (exact) mass is 197 g/mol. The van der Waals surface area contributed by atoms with E-state index in [2.05, 4.69) is 18.9 Å². The molecule has 0 aromatic heterocycles. The lowest BCUT2D eigenvalue weighted by atomic mass is 10.1. The van der Waals surface area contributed by atoms with Gasteiger partial charge in [-0.1, -0.05) is 26.8 Å². The van der Waals surface area contributed by atoms with Gasteiger partial charge < -0.3 is 0 Å². The van der Waals surface area contributed by atoms with Crippen LogP contribution in [0.2, 0.25) is 0 Å². The summed E-state index contributed by atoms with van der Waals surface area (Å²) >= 11 is 0. The summed E-state index contributed by atoms with van der Waals surface area (Å²) in [6.45, 7) is 8.99. The summed E-state index contributed by atoms with van der Waals surface area (Å²) in [6, 6.07) is 0.476. The summed E-state index contributed by atoms with van der Waals surface area (Å²) in [6.07, 6.45) is 4.88. The Morgan fingerprint density at radius 3 is 2.36 bits per heavy atom. The second-order valence-corrected chi connectivity index (χ2v) is 3.82. The van der Waals surface area contributed by atoms with Crippen LogP contribution in [0.15, 0.2) is 12.2 Å². The summed E-state index contributed by atoms with van der Waals surface area (Å²) in [5.74, 6) is 0.902. The number of likely N-dealkylation sites (N-methyl/N-ethyl adjacent to an activating group) is 1. The second-order valence-electron chi connectivity index (χ2n) is 3.82. The molecule has 1 fully saturated rings. The van der Waals surface area contributed by atoms with Gasteiger partial charge in [0, 0.05) is 12.6 Å². The highest BCUT2D eigenvalue weighted by molar-refractivity contribution is 5.87. The number of likely N-dealkylation sites (tertiary alicyclic amines) is 1. The quantitative estimate of drug-likeness (QED) is 0.634. The summed E-state index contributed by atoms with van der Waals surface area (Å²) in [5, 5.41) is 0. The molecule has 1 heterocycles. The normalized spacial score (nSPS) is 27.5. The Morgan fingerprint density at radius 1 is 1.43 bits per heavy atom. The zero-order valence-electron chi connectivity index (χ0n) is 10.1. The predicted molar refractivity (Wildman–Crippen MR) is 61.4 cm³/mol. The SMILES string of the molecule is CC.CC(=O)/C=C/C1CC(C)CN1C. The van der Waals surface area contributed by atoms with Gasteiger partial charge in [-0.05, 0) is 32.4 Å². The van der Waals surface area contributed by atoms with Crippen LogP contribution in [-0.2, 0) is 4.79 Å². The molecular weight excluding hydrogens is 174 g/mol. The average molecular weight is 197 g/mol. The minimum absolute atomic E-state index is 0.142. The van der Waals surface area contributed by atoms with Crippen LogP contribution in [0.4, 0.5) is 0 Å². The molecule has 2 heteroatoms. The first kappa shape index (κ1) is 13.4. The van der Waals surface area contributed by atoms with E-state index in [1.54, 1.807) is 13.0 Å². The predicted octanol–water partition coefficient (Wildman–Crippen LogP) is 2.50. The Bertz CT molecular complexity index is 198. The molecule has 0 aromatic carbocycles. The third-order valence-corrected chi connectivity index (χ3v) is 2.36. The average Bonchev–Trinajstić information content (AvgIpc) is 2.45. The van der Waals surface area contributed by atoms with Crippen LogP contribution in [-0.4, -0.2) is 30.3 Å². The molecule has 0 aliphatic carbocycles. The minimum atomic E-state index is 0.142. The van der Waals surface area contributed by atoms with Gasteiger partial charge in [0.15, 0.2) is 5.78 Å². The van der Waals surface area contributed by atoms with Crippen molar-refractivity contribution in [2.45, 2.75) is 40.2 Å². The Balaban J connectivity index is 0.000000791. The number of rotatable bonds is 2. The van der Waals surface area contributed by atoms with E-state index >= 15 is 0 Å². The molecule has 0 N–H and O–H groups in total. The first-order valence-corrected chi connectivity index (χ1v) is 5.48. The maximum atomic E-state index is 10.7. The van der Waals surface area contributed by atoms with Crippen molar-refractivity contribution in [1.82, 2.24) is 4.90 Å². The van der Waals surface area contributed by atoms with E-state index in [0.29, 0.717) is 6.04 Å². The Labute approximate surface area is 88.0 Å². The molecule has 0 amide bonds. The van der Waals surface area contributed by atoms with Gasteiger partial charge in [-0.25, -0.2) is 0 Å². The number of ketones is 1. The number of carbonyl (C=O) groups is 1. The Morgan fingerprint density at radius 2 is 2.00 bits per heavy atom. The van der Waals surface area contributed by atoms with Crippen molar-refractivity contribution in [2.24, 2.45) is 5.92 Å². The van der Waals surface area contributed by atoms with Gasteiger partial charge in [-0.3, -0.25) is 9.69 Å². The van der Waals surface area contributed by atoms with Crippen LogP contribution < -0.4 is 0 Å². The van der Waals surface area contributed by atoms with Crippen LogP contribution >= 0.6 is 0 Å². The topological polar surface area (TPSA) is 20.3 Å². The first-order valence-electron chi connectivity index (χ1n) is 5.48. The fourth-order valence-corrected chi connectivity index (χ4v) is 1.77. The highest BCUT2D eigenvalue weighted by Crippen LogP contribution is 2.21. The summed E-state index contributed by atoms with van der Waals surface area (Å²) in [7, 11) is 2.11. The molecule has 82 valence electrons. The number of nitrogens with zero attached hydrogens (tertiary/aromatic N) is 1. The zero-order valence-corrected chi connectivity index (χ0v) is 10.1. The highest BCUT2D eigenvalue weighted by Gasteiger charge is 2.23. The molecule has 1 rings (SSSR count). The van der Waals surface area contributed by atoms with E-state index in [4.69, 9.17) is 0 Å². The van der Waals surface area contributed by atoms with Crippen LogP contribution in [0.25, 0.3) is 0 Å². The Kier molecular flexibility index (Phi) is 6.46. The summed E-state index contributed by atoms with van der Waals surface area (Å²) in [4.78, 5) is 13.0. The molecule has 0 bridgehead atoms. The smallest absolute Gasteiger partial charge is 0.152 e. The lowest BCUT2D eigenvalue weighted by Gasteiger charge is -2.14. The van der Waals surface area contributed by atoms with E-state index < -0.39 is 0 Å². The van der Waals surface area contributed by atoms with Gasteiger partial charge in [0.05, 0.1) is 0 Å². The highest BCUT2D eigenvalue weighted by atomic mass is 16.1. The molecule has 1 aliphatic rings. The van der Waals surface area contributed by atoms with E-state index in [9.17, 15) is 4.79 Å². The molecule has 1 saturated heterocycles. The largest absolute Gasteiger partial charge is 0.300 e. The number of hydrogen-bond acceptors (Lipinski definition) is 2. The van der Waals surface area contributed by atoms with Gasteiger partial charge in [0.1, 0.15) is 0 Å². The molecular formula is C12H23NO. The summed E-state index contributed by atoms with van der Waals surface area (Å²) < 4.78 is 0. The van der Waals surface area contributed by atoms with E-state index in [1.165, 1.54) is 6.42 Å². The van der Waals surface area contributed by atoms with Crippen molar-refractivity contribution in [2.75, 3.05) is 13.6 Å². The molecule has 1 aliphatic heterocycles. The van der Waals surface area contributed by atoms with Gasteiger partial charge in [0.2, 0.25) is 0 Å². The van der Waals surface area contributed by atoms with Gasteiger partial charge in [-0.15, -0.1) is 0 Å². The molecule has 2 unspecified atom stereocenters. The zero-order chi connectivity index (χ0) is 11.1. The maximum absolute atomic E-state index is 10.7. The molecule has 0 radical (unpaired) electrons. The van der Waals surface area contributed by atoms with Gasteiger partial charge in [-0.2, -0.15) is 0 Å². The van der Waals surface area contributed by atoms with Crippen LogP contribution in [0.5, 0.6) is 0 Å². The van der Waals surface area contributed by atoms with Crippen LogP contribution in [0.3, 0.4) is 0 Å². The molecule has 2 atom stereocenters. The van der Waals surface area contributed by atoms with Gasteiger partial charge >= 0.3 is 0 Å². The van der Waals surface area contributed by atoms with Crippen LogP contribution in [0, 0.1) is 5.92 Å². The van der Waals surface area contributed by atoms with Crippen molar-refractivity contribution in [1.29, 1.82) is 0 Å². The van der Waals surface area contributed by atoms with Crippen molar-refractivity contribution >= 4 is 5.78 Å². The first-order chi connectivity index (χ1) is 6.59. The van der Waals surface area contributed by atoms with Crippen molar-refractivity contribution in [3.05, 3.63) is 12.2 Å². The second kappa shape index (κ2) is 6.77. The lowest BCUT2D eigenvalue weighted by Crippen LogP contribution is -2.22.